The van der Waals surface area contributed by atoms with Crippen LogP contribution in [0, 0.1) is 17.2 Å². The predicted molar refractivity (Wildman–Crippen MR) is 208 cm³/mol. The Hall–Kier alpha value is -5.43. The molecule has 6 heterocycles. The Bertz CT molecular complexity index is 2060. The number of anilines is 4. The number of carbonyl (C=O) groups is 3. The lowest BCUT2D eigenvalue weighted by molar-refractivity contribution is -0.138. The van der Waals surface area contributed by atoms with Crippen molar-refractivity contribution >= 4 is 40.7 Å². The number of benzene rings is 2. The quantitative estimate of drug-likeness (QED) is 0.345. The molecular formula is C41H47F3N10O3. The molecule has 8 rings (SSSR count). The lowest BCUT2D eigenvalue weighted by Crippen LogP contribution is -2.57. The van der Waals surface area contributed by atoms with E-state index in [1.165, 1.54) is 6.07 Å². The normalized spacial score (nSPS) is 23.8. The molecule has 5 aliphatic heterocycles. The summed E-state index contributed by atoms with van der Waals surface area (Å²) >= 11 is 0. The highest BCUT2D eigenvalue weighted by Gasteiger charge is 2.40. The van der Waals surface area contributed by atoms with Gasteiger partial charge in [0.1, 0.15) is 6.04 Å². The van der Waals surface area contributed by atoms with Crippen LogP contribution in [0.2, 0.25) is 0 Å². The van der Waals surface area contributed by atoms with Gasteiger partial charge in [-0.3, -0.25) is 24.6 Å². The first-order valence-corrected chi connectivity index (χ1v) is 19.8. The maximum absolute atomic E-state index is 13.7. The molecule has 4 saturated heterocycles. The number of piperidine rings is 2. The number of rotatable bonds is 7. The van der Waals surface area contributed by atoms with Crippen LogP contribution >= 0.6 is 0 Å². The van der Waals surface area contributed by atoms with E-state index in [0.29, 0.717) is 49.2 Å². The van der Waals surface area contributed by atoms with Crippen LogP contribution < -0.4 is 24.9 Å². The van der Waals surface area contributed by atoms with Crippen LogP contribution in [-0.4, -0.2) is 115 Å². The number of hydrogen-bond donors (Lipinski definition) is 1. The molecule has 1 unspecified atom stereocenters. The molecule has 0 radical (unpaired) electrons. The van der Waals surface area contributed by atoms with Gasteiger partial charge < -0.3 is 24.5 Å². The number of carbonyl (C=O) groups excluding carboxylic acids is 3. The molecule has 1 aromatic heterocycles. The van der Waals surface area contributed by atoms with Crippen LogP contribution in [0.25, 0.3) is 0 Å². The number of nitrogens with one attached hydrogen (secondary N) is 1. The van der Waals surface area contributed by atoms with Crippen molar-refractivity contribution in [3.05, 3.63) is 71.0 Å². The SMILES string of the molecule is C[C@@H]1CN(c2ccc(C#N)c(C(F)(F)F)c2)[C@@H](C)CN1c1cnc(N2CCC(CN3CCN(c4ccc5c(c4)CN(C4CCC(=O)NC4=O)C5=O)CC3)CC2)nc1. The van der Waals surface area contributed by atoms with Crippen LogP contribution in [-0.2, 0) is 22.3 Å². The monoisotopic (exact) mass is 784 g/mol. The Morgan fingerprint density at radius 1 is 0.807 bits per heavy atom. The maximum Gasteiger partial charge on any atom is 0.417 e. The molecule has 0 bridgehead atoms. The summed E-state index contributed by atoms with van der Waals surface area (Å²) in [7, 11) is 0. The van der Waals surface area contributed by atoms with E-state index in [0.717, 1.165) is 81.7 Å². The first-order chi connectivity index (χ1) is 27.4. The van der Waals surface area contributed by atoms with Crippen molar-refractivity contribution in [3.63, 3.8) is 0 Å². The van der Waals surface area contributed by atoms with E-state index >= 15 is 0 Å². The number of fused-ring (bicyclic) bond motifs is 1. The van der Waals surface area contributed by atoms with Crippen molar-refractivity contribution < 1.29 is 27.6 Å². The summed E-state index contributed by atoms with van der Waals surface area (Å²) < 4.78 is 41.0. The molecule has 4 fully saturated rings. The third-order valence-corrected chi connectivity index (χ3v) is 12.4. The van der Waals surface area contributed by atoms with Crippen molar-refractivity contribution in [2.45, 2.75) is 70.4 Å². The standard InChI is InChI=1S/C41H47F3N10O3/c1-26-23-53(27(2)22-52(26)32-4-3-29(19-45)35(18-32)41(42,43)44)33-20-46-40(47-21-33)51-11-9-28(10-12-51)24-49-13-15-50(16-14-49)31-5-6-34-30(17-31)25-54(39(34)57)36-7-8-37(55)48-38(36)56/h3-6,17-18,20-21,26-28,36H,7-16,22-25H2,1-2H3,(H,48,55,56)/t26-,27+,36?/m0/s1. The smallest absolute Gasteiger partial charge is 0.369 e. The Morgan fingerprint density at radius 2 is 1.47 bits per heavy atom. The largest absolute Gasteiger partial charge is 0.417 e. The molecule has 3 aromatic rings. The Labute approximate surface area is 330 Å². The summed E-state index contributed by atoms with van der Waals surface area (Å²) in [5.41, 5.74) is 2.69. The topological polar surface area (TPSA) is 132 Å². The van der Waals surface area contributed by atoms with Crippen molar-refractivity contribution in [1.29, 1.82) is 5.26 Å². The zero-order valence-electron chi connectivity index (χ0n) is 32.2. The first-order valence-electron chi connectivity index (χ1n) is 19.8. The number of amides is 3. The van der Waals surface area contributed by atoms with Gasteiger partial charge in [-0.1, -0.05) is 0 Å². The minimum Gasteiger partial charge on any atom is -0.369 e. The summed E-state index contributed by atoms with van der Waals surface area (Å²) in [6, 6.07) is 10.9. The average molecular weight is 785 g/mol. The third kappa shape index (κ3) is 7.81. The molecular weight excluding hydrogens is 738 g/mol. The highest BCUT2D eigenvalue weighted by atomic mass is 19.4. The molecule has 300 valence electrons. The van der Waals surface area contributed by atoms with Crippen molar-refractivity contribution in [3.8, 4) is 6.07 Å². The lowest BCUT2D eigenvalue weighted by atomic mass is 9.96. The summed E-state index contributed by atoms with van der Waals surface area (Å²) in [4.78, 5) is 59.6. The van der Waals surface area contributed by atoms with Crippen LogP contribution in [0.5, 0.6) is 0 Å². The summed E-state index contributed by atoms with van der Waals surface area (Å²) in [6.45, 7) is 12.0. The molecule has 3 amide bonds. The third-order valence-electron chi connectivity index (χ3n) is 12.4. The second kappa shape index (κ2) is 15.5. The molecule has 0 spiro atoms. The highest BCUT2D eigenvalue weighted by molar-refractivity contribution is 6.05. The van der Waals surface area contributed by atoms with E-state index in [1.807, 2.05) is 43.3 Å². The van der Waals surface area contributed by atoms with Crippen LogP contribution in [0.3, 0.4) is 0 Å². The van der Waals surface area contributed by atoms with E-state index in [-0.39, 0.29) is 35.9 Å². The number of piperazine rings is 2. The van der Waals surface area contributed by atoms with Crippen molar-refractivity contribution in [2.75, 3.05) is 78.5 Å². The van der Waals surface area contributed by atoms with E-state index in [2.05, 4.69) is 31.0 Å². The maximum atomic E-state index is 13.7. The summed E-state index contributed by atoms with van der Waals surface area (Å²) in [6.07, 6.45) is 1.79. The van der Waals surface area contributed by atoms with Gasteiger partial charge in [0.2, 0.25) is 17.8 Å². The Morgan fingerprint density at radius 3 is 2.12 bits per heavy atom. The molecule has 0 saturated carbocycles. The van der Waals surface area contributed by atoms with Crippen molar-refractivity contribution in [1.82, 2.24) is 25.1 Å². The molecule has 3 atom stereocenters. The highest BCUT2D eigenvalue weighted by Crippen LogP contribution is 2.37. The fourth-order valence-corrected chi connectivity index (χ4v) is 9.14. The van der Waals surface area contributed by atoms with Gasteiger partial charge in [0.05, 0.1) is 35.3 Å². The summed E-state index contributed by atoms with van der Waals surface area (Å²) in [5, 5.41) is 11.6. The van der Waals surface area contributed by atoms with Crippen LogP contribution in [0.4, 0.5) is 36.2 Å². The number of nitriles is 1. The van der Waals surface area contributed by atoms with E-state index in [4.69, 9.17) is 9.97 Å². The number of aromatic nitrogens is 2. The number of alkyl halides is 3. The second-order valence-electron chi connectivity index (χ2n) is 16.0. The summed E-state index contributed by atoms with van der Waals surface area (Å²) in [5.74, 6) is 0.449. The first kappa shape index (κ1) is 38.4. The van der Waals surface area contributed by atoms with Crippen LogP contribution in [0.15, 0.2) is 48.8 Å². The number of hydrogen-bond acceptors (Lipinski definition) is 11. The fourth-order valence-electron chi connectivity index (χ4n) is 9.14. The zero-order valence-corrected chi connectivity index (χ0v) is 32.2. The van der Waals surface area contributed by atoms with Gasteiger partial charge in [-0.15, -0.1) is 0 Å². The fraction of sp³-hybridized carbons (Fsp3) is 0.512. The van der Waals surface area contributed by atoms with E-state index < -0.39 is 23.7 Å². The molecule has 5 aliphatic rings. The Balaban J connectivity index is 0.796. The molecule has 2 aromatic carbocycles. The number of imide groups is 1. The second-order valence-corrected chi connectivity index (χ2v) is 16.0. The minimum atomic E-state index is -4.60. The van der Waals surface area contributed by atoms with Gasteiger partial charge in [-0.25, -0.2) is 9.97 Å². The Kier molecular flexibility index (Phi) is 10.4. The molecule has 1 N–H and O–H groups in total. The lowest BCUT2D eigenvalue weighted by Gasteiger charge is -2.46. The van der Waals surface area contributed by atoms with Gasteiger partial charge in [0.25, 0.3) is 5.91 Å². The van der Waals surface area contributed by atoms with Gasteiger partial charge in [-0.05, 0) is 81.0 Å². The molecule has 16 heteroatoms. The van der Waals surface area contributed by atoms with E-state index in [1.54, 1.807) is 17.0 Å². The molecule has 13 nitrogen and oxygen atoms in total. The van der Waals surface area contributed by atoms with Gasteiger partial charge >= 0.3 is 6.18 Å². The van der Waals surface area contributed by atoms with Gasteiger partial charge in [0, 0.05) is 101 Å². The van der Waals surface area contributed by atoms with Gasteiger partial charge in [-0.2, -0.15) is 18.4 Å². The molecule has 0 aliphatic carbocycles. The number of halogens is 3. The van der Waals surface area contributed by atoms with E-state index in [9.17, 15) is 32.8 Å². The van der Waals surface area contributed by atoms with Gasteiger partial charge in [0.15, 0.2) is 0 Å². The van der Waals surface area contributed by atoms with Crippen molar-refractivity contribution in [2.24, 2.45) is 5.92 Å². The predicted octanol–water partition coefficient (Wildman–Crippen LogP) is 4.27. The minimum absolute atomic E-state index is 0.00450. The number of nitrogens with zero attached hydrogens (tertiary/aromatic N) is 9. The molecule has 57 heavy (non-hydrogen) atoms. The average Bonchev–Trinajstić information content (AvgIpc) is 3.53. The zero-order chi connectivity index (χ0) is 40.0. The van der Waals surface area contributed by atoms with Crippen LogP contribution in [0.1, 0.15) is 66.6 Å².